The fourth-order valence-corrected chi connectivity index (χ4v) is 1.47. The maximum Gasteiger partial charge on any atom is 0.307 e. The number of rotatable bonds is 5. The van der Waals surface area contributed by atoms with Crippen LogP contribution in [-0.4, -0.2) is 24.0 Å². The van der Waals surface area contributed by atoms with E-state index in [0.717, 1.165) is 5.56 Å². The van der Waals surface area contributed by atoms with Gasteiger partial charge < -0.3 is 10.4 Å². The molecule has 0 unspecified atom stereocenters. The Morgan fingerprint density at radius 1 is 1.31 bits per heavy atom. The second kappa shape index (κ2) is 5.90. The number of carboxylic acids is 1. The number of aliphatic carboxylic acids is 1. The summed E-state index contributed by atoms with van der Waals surface area (Å²) in [5.41, 5.74) is 0.929. The highest BCUT2D eigenvalue weighted by atomic mass is 16.4. The lowest BCUT2D eigenvalue weighted by molar-refractivity contribution is -0.143. The zero-order chi connectivity index (χ0) is 12.0. The monoisotopic (exact) mass is 221 g/mol. The molecule has 0 aliphatic rings. The number of carbonyl (C=O) groups excluding carboxylic acids is 1. The van der Waals surface area contributed by atoms with Gasteiger partial charge in [-0.05, 0) is 12.0 Å². The molecule has 0 radical (unpaired) electrons. The largest absolute Gasteiger partial charge is 0.481 e. The topological polar surface area (TPSA) is 66.4 Å². The predicted octanol–water partition coefficient (Wildman–Crippen LogP) is 1.07. The molecule has 0 fully saturated rings. The van der Waals surface area contributed by atoms with Gasteiger partial charge in [0.25, 0.3) is 0 Å². The van der Waals surface area contributed by atoms with Gasteiger partial charge in [-0.2, -0.15) is 0 Å². The predicted molar refractivity (Wildman–Crippen MR) is 60.0 cm³/mol. The number of benzene rings is 1. The Bertz CT molecular complexity index is 362. The summed E-state index contributed by atoms with van der Waals surface area (Å²) < 4.78 is 0. The molecule has 1 atom stereocenters. The maximum absolute atomic E-state index is 11.1. The van der Waals surface area contributed by atoms with Crippen molar-refractivity contribution in [2.24, 2.45) is 5.92 Å². The van der Waals surface area contributed by atoms with E-state index >= 15 is 0 Å². The van der Waals surface area contributed by atoms with Gasteiger partial charge in [0.1, 0.15) is 0 Å². The lowest BCUT2D eigenvalue weighted by Crippen LogP contribution is -2.26. The van der Waals surface area contributed by atoms with Gasteiger partial charge in [0.05, 0.1) is 5.92 Å². The molecule has 0 heterocycles. The Labute approximate surface area is 94.3 Å². The van der Waals surface area contributed by atoms with Crippen molar-refractivity contribution in [3.05, 3.63) is 35.9 Å². The molecule has 1 rings (SSSR count). The summed E-state index contributed by atoms with van der Waals surface area (Å²) in [6.45, 7) is 0. The average Bonchev–Trinajstić information content (AvgIpc) is 2.29. The molecule has 4 nitrogen and oxygen atoms in total. The van der Waals surface area contributed by atoms with Gasteiger partial charge in [0.2, 0.25) is 5.91 Å². The van der Waals surface area contributed by atoms with Gasteiger partial charge >= 0.3 is 5.97 Å². The normalized spacial score (nSPS) is 11.8. The summed E-state index contributed by atoms with van der Waals surface area (Å²) in [5, 5.41) is 11.4. The molecule has 1 amide bonds. The van der Waals surface area contributed by atoms with Gasteiger partial charge in [-0.1, -0.05) is 30.3 Å². The molecule has 4 heteroatoms. The van der Waals surface area contributed by atoms with Crippen LogP contribution in [0.2, 0.25) is 0 Å². The average molecular weight is 221 g/mol. The van der Waals surface area contributed by atoms with Crippen LogP contribution >= 0.6 is 0 Å². The van der Waals surface area contributed by atoms with Crippen molar-refractivity contribution in [3.8, 4) is 0 Å². The smallest absolute Gasteiger partial charge is 0.307 e. The Balaban J connectivity index is 2.65. The molecule has 0 bridgehead atoms. The second-order valence-corrected chi connectivity index (χ2v) is 3.60. The molecule has 1 aromatic carbocycles. The molecular weight excluding hydrogens is 206 g/mol. The fourth-order valence-electron chi connectivity index (χ4n) is 1.47. The third-order valence-corrected chi connectivity index (χ3v) is 2.38. The van der Waals surface area contributed by atoms with E-state index in [1.165, 1.54) is 7.05 Å². The Kier molecular flexibility index (Phi) is 4.51. The quantitative estimate of drug-likeness (QED) is 0.781. The van der Waals surface area contributed by atoms with Crippen LogP contribution in [0.1, 0.15) is 12.0 Å². The van der Waals surface area contributed by atoms with Gasteiger partial charge in [0, 0.05) is 13.5 Å². The summed E-state index contributed by atoms with van der Waals surface area (Å²) in [7, 11) is 1.50. The van der Waals surface area contributed by atoms with E-state index in [1.54, 1.807) is 0 Å². The van der Waals surface area contributed by atoms with E-state index in [-0.39, 0.29) is 12.3 Å². The summed E-state index contributed by atoms with van der Waals surface area (Å²) in [6, 6.07) is 9.31. The highest BCUT2D eigenvalue weighted by molar-refractivity contribution is 5.82. The number of hydrogen-bond donors (Lipinski definition) is 2. The lowest BCUT2D eigenvalue weighted by atomic mass is 9.96. The SMILES string of the molecule is CNC(=O)C[C@@H](Cc1ccccc1)C(=O)O. The van der Waals surface area contributed by atoms with Crippen LogP contribution in [0.5, 0.6) is 0 Å². The summed E-state index contributed by atoms with van der Waals surface area (Å²) in [5.74, 6) is -1.85. The molecule has 0 saturated carbocycles. The Hall–Kier alpha value is -1.84. The number of amides is 1. The third kappa shape index (κ3) is 3.73. The third-order valence-electron chi connectivity index (χ3n) is 2.38. The molecule has 2 N–H and O–H groups in total. The molecular formula is C12H15NO3. The van der Waals surface area contributed by atoms with E-state index in [4.69, 9.17) is 5.11 Å². The van der Waals surface area contributed by atoms with Crippen molar-refractivity contribution in [2.45, 2.75) is 12.8 Å². The molecule has 0 spiro atoms. The minimum absolute atomic E-state index is 0.0146. The first-order valence-corrected chi connectivity index (χ1v) is 5.10. The van der Waals surface area contributed by atoms with Crippen LogP contribution in [0.3, 0.4) is 0 Å². The lowest BCUT2D eigenvalue weighted by Gasteiger charge is -2.11. The van der Waals surface area contributed by atoms with Crippen LogP contribution in [0.25, 0.3) is 0 Å². The van der Waals surface area contributed by atoms with Crippen molar-refractivity contribution in [1.82, 2.24) is 5.32 Å². The van der Waals surface area contributed by atoms with E-state index < -0.39 is 11.9 Å². The van der Waals surface area contributed by atoms with Gasteiger partial charge in [-0.25, -0.2) is 0 Å². The van der Waals surface area contributed by atoms with Gasteiger partial charge in [-0.3, -0.25) is 9.59 Å². The number of hydrogen-bond acceptors (Lipinski definition) is 2. The Morgan fingerprint density at radius 2 is 1.94 bits per heavy atom. The first-order chi connectivity index (χ1) is 7.63. The van der Waals surface area contributed by atoms with Crippen LogP contribution in [0.15, 0.2) is 30.3 Å². The fraction of sp³-hybridized carbons (Fsp3) is 0.333. The van der Waals surface area contributed by atoms with Gasteiger partial charge in [-0.15, -0.1) is 0 Å². The van der Waals surface area contributed by atoms with Crippen molar-refractivity contribution < 1.29 is 14.7 Å². The standard InChI is InChI=1S/C12H15NO3/c1-13-11(14)8-10(12(15)16)7-9-5-3-2-4-6-9/h2-6,10H,7-8H2,1H3,(H,13,14)(H,15,16)/t10-/m1/s1. The second-order valence-electron chi connectivity index (χ2n) is 3.60. The van der Waals surface area contributed by atoms with Crippen molar-refractivity contribution in [2.75, 3.05) is 7.05 Å². The number of nitrogens with one attached hydrogen (secondary N) is 1. The van der Waals surface area contributed by atoms with Gasteiger partial charge in [0.15, 0.2) is 0 Å². The summed E-state index contributed by atoms with van der Waals surface area (Å²) in [4.78, 5) is 22.1. The molecule has 1 aromatic rings. The summed E-state index contributed by atoms with van der Waals surface area (Å²) in [6.07, 6.45) is 0.393. The molecule has 0 aliphatic carbocycles. The zero-order valence-corrected chi connectivity index (χ0v) is 9.14. The van der Waals surface area contributed by atoms with E-state index in [1.807, 2.05) is 30.3 Å². The summed E-state index contributed by atoms with van der Waals surface area (Å²) >= 11 is 0. The molecule has 0 saturated heterocycles. The van der Waals surface area contributed by atoms with E-state index in [9.17, 15) is 9.59 Å². The first kappa shape index (κ1) is 12.2. The van der Waals surface area contributed by atoms with Crippen LogP contribution < -0.4 is 5.32 Å². The minimum atomic E-state index is -0.938. The zero-order valence-electron chi connectivity index (χ0n) is 9.14. The maximum atomic E-state index is 11.1. The van der Waals surface area contributed by atoms with Crippen molar-refractivity contribution in [3.63, 3.8) is 0 Å². The number of carbonyl (C=O) groups is 2. The number of carboxylic acid groups (broad SMARTS) is 1. The van der Waals surface area contributed by atoms with Crippen LogP contribution in [0.4, 0.5) is 0 Å². The van der Waals surface area contributed by atoms with E-state index in [0.29, 0.717) is 6.42 Å². The van der Waals surface area contributed by atoms with Crippen molar-refractivity contribution >= 4 is 11.9 Å². The van der Waals surface area contributed by atoms with Crippen LogP contribution in [0, 0.1) is 5.92 Å². The minimum Gasteiger partial charge on any atom is -0.481 e. The highest BCUT2D eigenvalue weighted by Crippen LogP contribution is 2.12. The van der Waals surface area contributed by atoms with Crippen LogP contribution in [-0.2, 0) is 16.0 Å². The first-order valence-electron chi connectivity index (χ1n) is 5.10. The van der Waals surface area contributed by atoms with E-state index in [2.05, 4.69) is 5.32 Å². The highest BCUT2D eigenvalue weighted by Gasteiger charge is 2.20. The Morgan fingerprint density at radius 3 is 2.44 bits per heavy atom. The molecule has 16 heavy (non-hydrogen) atoms. The molecule has 0 aliphatic heterocycles. The van der Waals surface area contributed by atoms with Crippen molar-refractivity contribution in [1.29, 1.82) is 0 Å². The molecule has 0 aromatic heterocycles. The molecule has 86 valence electrons.